The van der Waals surface area contributed by atoms with Gasteiger partial charge in [0.05, 0.1) is 6.61 Å². The Morgan fingerprint density at radius 2 is 1.83 bits per heavy atom. The van der Waals surface area contributed by atoms with Crippen LogP contribution in [0.4, 0.5) is 8.78 Å². The van der Waals surface area contributed by atoms with Gasteiger partial charge in [-0.2, -0.15) is 0 Å². The smallest absolute Gasteiger partial charge is 0.281 e. The zero-order chi connectivity index (χ0) is 16.2. The Morgan fingerprint density at radius 1 is 1.04 bits per heavy atom. The van der Waals surface area contributed by atoms with Gasteiger partial charge in [0.25, 0.3) is 6.02 Å². The van der Waals surface area contributed by atoms with E-state index in [0.29, 0.717) is 25.1 Å². The van der Waals surface area contributed by atoms with E-state index in [1.807, 2.05) is 18.2 Å². The third-order valence-corrected chi connectivity index (χ3v) is 3.92. The lowest BCUT2D eigenvalue weighted by Gasteiger charge is -2.17. The van der Waals surface area contributed by atoms with Gasteiger partial charge < -0.3 is 10.5 Å². The molecule has 0 spiro atoms. The molecule has 1 heterocycles. The molecule has 3 rings (SSSR count). The first-order valence-corrected chi connectivity index (χ1v) is 7.63. The summed E-state index contributed by atoms with van der Waals surface area (Å²) in [5.74, 6) is -1.14. The van der Waals surface area contributed by atoms with E-state index in [-0.39, 0.29) is 6.02 Å². The molecular formula is C18H18F2N2O. The molecule has 0 amide bonds. The summed E-state index contributed by atoms with van der Waals surface area (Å²) >= 11 is 0. The fourth-order valence-corrected chi connectivity index (χ4v) is 2.90. The molecule has 0 radical (unpaired) electrons. The van der Waals surface area contributed by atoms with E-state index in [4.69, 9.17) is 10.5 Å². The van der Waals surface area contributed by atoms with E-state index in [1.165, 1.54) is 12.1 Å². The predicted octanol–water partition coefficient (Wildman–Crippen LogP) is 3.45. The summed E-state index contributed by atoms with van der Waals surface area (Å²) in [7, 11) is 0. The van der Waals surface area contributed by atoms with Gasteiger partial charge >= 0.3 is 0 Å². The molecule has 0 aromatic heterocycles. The van der Waals surface area contributed by atoms with Crippen LogP contribution in [0, 0.1) is 11.6 Å². The number of halogens is 2. The number of amidine groups is 1. The highest BCUT2D eigenvalue weighted by atomic mass is 19.1. The van der Waals surface area contributed by atoms with E-state index < -0.39 is 11.6 Å². The van der Waals surface area contributed by atoms with Crippen molar-refractivity contribution in [2.24, 2.45) is 10.7 Å². The van der Waals surface area contributed by atoms with Crippen molar-refractivity contribution >= 4 is 6.02 Å². The molecule has 2 aromatic rings. The monoisotopic (exact) mass is 316 g/mol. The first-order valence-electron chi connectivity index (χ1n) is 7.63. The normalized spacial score (nSPS) is 15.3. The molecule has 1 aliphatic rings. The molecule has 1 aliphatic heterocycles. The Bertz CT molecular complexity index is 724. The number of hydrogen-bond donors (Lipinski definition) is 1. The van der Waals surface area contributed by atoms with Crippen molar-refractivity contribution in [1.29, 1.82) is 0 Å². The average molecular weight is 316 g/mol. The number of benzene rings is 2. The van der Waals surface area contributed by atoms with E-state index in [1.54, 1.807) is 0 Å². The zero-order valence-corrected chi connectivity index (χ0v) is 12.7. The minimum Gasteiger partial charge on any atom is -0.465 e. The molecule has 120 valence electrons. The maximum Gasteiger partial charge on any atom is 0.281 e. The Morgan fingerprint density at radius 3 is 2.61 bits per heavy atom. The van der Waals surface area contributed by atoms with Crippen LogP contribution in [0.2, 0.25) is 0 Å². The van der Waals surface area contributed by atoms with Gasteiger partial charge in [0.2, 0.25) is 0 Å². The van der Waals surface area contributed by atoms with Crippen LogP contribution in [0.25, 0.3) is 11.1 Å². The molecule has 0 saturated carbocycles. The number of ether oxygens (including phenoxy) is 1. The Balaban J connectivity index is 2.04. The highest BCUT2D eigenvalue weighted by molar-refractivity contribution is 5.71. The lowest BCUT2D eigenvalue weighted by atomic mass is 9.91. The number of nitrogens with two attached hydrogens (primary N) is 1. The second kappa shape index (κ2) is 6.77. The third kappa shape index (κ3) is 3.67. The van der Waals surface area contributed by atoms with Crippen molar-refractivity contribution in [3.05, 3.63) is 59.2 Å². The van der Waals surface area contributed by atoms with Gasteiger partial charge in [-0.3, -0.25) is 0 Å². The van der Waals surface area contributed by atoms with Crippen molar-refractivity contribution in [1.82, 2.24) is 0 Å². The number of rotatable bonds is 1. The highest BCUT2D eigenvalue weighted by Gasteiger charge is 2.13. The molecule has 3 nitrogen and oxygen atoms in total. The van der Waals surface area contributed by atoms with Crippen LogP contribution in [0.15, 0.2) is 41.4 Å². The van der Waals surface area contributed by atoms with Gasteiger partial charge in [-0.25, -0.2) is 13.8 Å². The molecule has 0 unspecified atom stereocenters. The minimum absolute atomic E-state index is 0.219. The van der Waals surface area contributed by atoms with Crippen molar-refractivity contribution in [2.75, 3.05) is 13.2 Å². The maximum atomic E-state index is 13.6. The zero-order valence-electron chi connectivity index (χ0n) is 12.7. The van der Waals surface area contributed by atoms with E-state index in [0.717, 1.165) is 35.6 Å². The quantitative estimate of drug-likeness (QED) is 0.876. The minimum atomic E-state index is -0.571. The molecule has 5 heteroatoms. The summed E-state index contributed by atoms with van der Waals surface area (Å²) in [5.41, 5.74) is 9.28. The van der Waals surface area contributed by atoms with Gasteiger partial charge in [-0.1, -0.05) is 18.2 Å². The van der Waals surface area contributed by atoms with Crippen molar-refractivity contribution in [3.8, 4) is 11.1 Å². The molecule has 2 N–H and O–H groups in total. The summed E-state index contributed by atoms with van der Waals surface area (Å²) in [6.45, 7) is 1.00. The highest BCUT2D eigenvalue weighted by Crippen LogP contribution is 2.29. The SMILES string of the molecule is NC1=NCCc2cccc(-c3cc(F)cc(F)c3)c2CCCO1. The number of nitrogens with zero attached hydrogens (tertiary/aromatic N) is 1. The lowest BCUT2D eigenvalue weighted by Crippen LogP contribution is -2.19. The topological polar surface area (TPSA) is 47.6 Å². The van der Waals surface area contributed by atoms with Crippen molar-refractivity contribution < 1.29 is 13.5 Å². The van der Waals surface area contributed by atoms with E-state index in [2.05, 4.69) is 4.99 Å². The van der Waals surface area contributed by atoms with E-state index >= 15 is 0 Å². The molecule has 23 heavy (non-hydrogen) atoms. The maximum absolute atomic E-state index is 13.6. The second-order valence-corrected chi connectivity index (χ2v) is 5.52. The third-order valence-electron chi connectivity index (χ3n) is 3.92. The Labute approximate surface area is 133 Å². The van der Waals surface area contributed by atoms with Gasteiger partial charge in [-0.05, 0) is 53.6 Å². The number of hydrogen-bond acceptors (Lipinski definition) is 3. The van der Waals surface area contributed by atoms with Crippen LogP contribution in [-0.2, 0) is 17.6 Å². The van der Waals surface area contributed by atoms with Gasteiger partial charge in [0.1, 0.15) is 11.6 Å². The Kier molecular flexibility index (Phi) is 4.55. The molecular weight excluding hydrogens is 298 g/mol. The van der Waals surface area contributed by atoms with Gasteiger partial charge in [0.15, 0.2) is 0 Å². The van der Waals surface area contributed by atoms with Crippen LogP contribution in [0.5, 0.6) is 0 Å². The van der Waals surface area contributed by atoms with Crippen molar-refractivity contribution in [2.45, 2.75) is 19.3 Å². The molecule has 0 bridgehead atoms. The van der Waals surface area contributed by atoms with Crippen molar-refractivity contribution in [3.63, 3.8) is 0 Å². The fourth-order valence-electron chi connectivity index (χ4n) is 2.90. The van der Waals surface area contributed by atoms with Crippen LogP contribution in [-0.4, -0.2) is 19.2 Å². The Hall–Kier alpha value is -2.43. The fraction of sp³-hybridized carbons (Fsp3) is 0.278. The van der Waals surface area contributed by atoms with E-state index in [9.17, 15) is 8.78 Å². The number of aliphatic imine (C=N–C) groups is 1. The predicted molar refractivity (Wildman–Crippen MR) is 86.3 cm³/mol. The van der Waals surface area contributed by atoms with Crippen LogP contribution in [0.3, 0.4) is 0 Å². The molecule has 2 aromatic carbocycles. The first-order chi connectivity index (χ1) is 11.1. The number of fused-ring (bicyclic) bond motifs is 1. The standard InChI is InChI=1S/C18H18F2N2O/c19-14-9-13(10-15(20)11-14)17-4-1-3-12-6-7-22-18(21)23-8-2-5-16(12)17/h1,3-4,9-11H,2,5-8H2,(H2,21,22). The summed E-state index contributed by atoms with van der Waals surface area (Å²) in [6.07, 6.45) is 2.24. The lowest BCUT2D eigenvalue weighted by molar-refractivity contribution is 0.291. The second-order valence-electron chi connectivity index (χ2n) is 5.52. The van der Waals surface area contributed by atoms with Gasteiger partial charge in [0, 0.05) is 12.6 Å². The average Bonchev–Trinajstić information content (AvgIpc) is 2.51. The largest absolute Gasteiger partial charge is 0.465 e. The van der Waals surface area contributed by atoms with Crippen LogP contribution in [0.1, 0.15) is 17.5 Å². The van der Waals surface area contributed by atoms with Crippen LogP contribution >= 0.6 is 0 Å². The molecule has 0 fully saturated rings. The molecule has 0 atom stereocenters. The molecule has 0 aliphatic carbocycles. The summed E-state index contributed by atoms with van der Waals surface area (Å²) < 4.78 is 32.4. The summed E-state index contributed by atoms with van der Waals surface area (Å²) in [5, 5.41) is 0. The first kappa shape index (κ1) is 15.5. The molecule has 0 saturated heterocycles. The summed E-state index contributed by atoms with van der Waals surface area (Å²) in [6, 6.07) is 9.67. The van der Waals surface area contributed by atoms with Crippen LogP contribution < -0.4 is 5.73 Å². The summed E-state index contributed by atoms with van der Waals surface area (Å²) in [4.78, 5) is 4.17. The van der Waals surface area contributed by atoms with Gasteiger partial charge in [-0.15, -0.1) is 0 Å².